The van der Waals surface area contributed by atoms with Crippen LogP contribution in [0.1, 0.15) is 24.8 Å². The number of hydrogen-bond acceptors (Lipinski definition) is 7. The van der Waals surface area contributed by atoms with Crippen molar-refractivity contribution in [3.63, 3.8) is 0 Å². The first-order valence-corrected chi connectivity index (χ1v) is 11.4. The van der Waals surface area contributed by atoms with Gasteiger partial charge in [-0.15, -0.1) is 0 Å². The van der Waals surface area contributed by atoms with Gasteiger partial charge in [-0.25, -0.2) is 0 Å². The van der Waals surface area contributed by atoms with Crippen molar-refractivity contribution in [2.75, 3.05) is 43.4 Å². The van der Waals surface area contributed by atoms with Gasteiger partial charge in [0.25, 0.3) is 0 Å². The number of nitriles is 1. The lowest BCUT2D eigenvalue weighted by atomic mass is 9.85. The molecule has 2 aromatic heterocycles. The molecule has 2 aliphatic rings. The van der Waals surface area contributed by atoms with Gasteiger partial charge in [0, 0.05) is 25.0 Å². The normalized spacial score (nSPS) is 17.3. The number of hydrogen-bond donors (Lipinski definition) is 5. The van der Waals surface area contributed by atoms with Crippen LogP contribution in [-0.2, 0) is 4.79 Å². The number of H-pyrrole nitrogens is 1. The molecule has 2 fully saturated rings. The van der Waals surface area contributed by atoms with Crippen molar-refractivity contribution in [3.05, 3.63) is 24.0 Å². The molecule has 186 valence electrons. The molecule has 1 unspecified atom stereocenters. The number of aromatic nitrogens is 3. The maximum absolute atomic E-state index is 12.9. The van der Waals surface area contributed by atoms with Gasteiger partial charge in [-0.2, -0.15) is 23.5 Å². The highest BCUT2D eigenvalue weighted by molar-refractivity contribution is 6.02. The first kappa shape index (κ1) is 24.5. The van der Waals surface area contributed by atoms with Crippen molar-refractivity contribution in [1.82, 2.24) is 25.4 Å². The molecule has 4 heterocycles. The average Bonchev–Trinajstić information content (AvgIpc) is 3.25. The van der Waals surface area contributed by atoms with Crippen molar-refractivity contribution in [2.45, 2.75) is 25.4 Å². The summed E-state index contributed by atoms with van der Waals surface area (Å²) < 4.78 is 38.8. The van der Waals surface area contributed by atoms with E-state index >= 15 is 0 Å². The van der Waals surface area contributed by atoms with Gasteiger partial charge in [-0.3, -0.25) is 20.3 Å². The number of carbonyl (C=O) groups excluding carboxylic acids is 1. The quantitative estimate of drug-likeness (QED) is 0.297. The predicted molar refractivity (Wildman–Crippen MR) is 123 cm³/mol. The molecule has 2 saturated heterocycles. The molecule has 0 radical (unpaired) electrons. The van der Waals surface area contributed by atoms with Crippen LogP contribution in [0.15, 0.2) is 18.5 Å². The van der Waals surface area contributed by atoms with Gasteiger partial charge in [0.05, 0.1) is 29.2 Å². The minimum atomic E-state index is -4.45. The van der Waals surface area contributed by atoms with Gasteiger partial charge in [0.1, 0.15) is 24.0 Å². The molecule has 4 rings (SSSR count). The maximum atomic E-state index is 12.9. The summed E-state index contributed by atoms with van der Waals surface area (Å²) in [5, 5.41) is 32.9. The van der Waals surface area contributed by atoms with Crippen molar-refractivity contribution >= 4 is 23.1 Å². The van der Waals surface area contributed by atoms with Crippen LogP contribution in [0.3, 0.4) is 0 Å². The van der Waals surface area contributed by atoms with E-state index in [1.165, 1.54) is 18.5 Å². The minimum Gasteiger partial charge on any atom is -0.376 e. The number of pyridine rings is 1. The predicted octanol–water partition coefficient (Wildman–Crippen LogP) is 2.55. The molecule has 5 N–H and O–H groups in total. The molecule has 0 bridgehead atoms. The Morgan fingerprint density at radius 3 is 2.66 bits per heavy atom. The molecule has 0 aromatic carbocycles. The van der Waals surface area contributed by atoms with E-state index in [1.807, 2.05) is 0 Å². The van der Waals surface area contributed by atoms with E-state index in [1.54, 1.807) is 4.90 Å². The number of alkyl halides is 3. The summed E-state index contributed by atoms with van der Waals surface area (Å²) in [5.74, 6) is -1.28. The van der Waals surface area contributed by atoms with E-state index in [0.717, 1.165) is 19.5 Å². The number of amides is 1. The topological polar surface area (TPSA) is 146 Å². The monoisotopic (exact) mass is 489 g/mol. The van der Waals surface area contributed by atoms with Crippen molar-refractivity contribution in [1.29, 1.82) is 10.7 Å². The van der Waals surface area contributed by atoms with Crippen molar-refractivity contribution in [2.24, 2.45) is 11.8 Å². The van der Waals surface area contributed by atoms with Crippen molar-refractivity contribution < 1.29 is 18.0 Å². The number of rotatable bonds is 7. The van der Waals surface area contributed by atoms with Crippen LogP contribution in [0.5, 0.6) is 0 Å². The van der Waals surface area contributed by atoms with E-state index in [2.05, 4.69) is 37.2 Å². The zero-order chi connectivity index (χ0) is 25.0. The SMILES string of the molecule is N#CC(C(=O)Nc1cn[nH]c1-c1cc(NCC(F)(F)F)c(C(=N)N2CCC2)cn1)C1CCNCC1. The number of nitrogens with zero attached hydrogens (tertiary/aromatic N) is 4. The molecule has 1 amide bonds. The van der Waals surface area contributed by atoms with Crippen LogP contribution in [0, 0.1) is 28.6 Å². The summed E-state index contributed by atoms with van der Waals surface area (Å²) in [4.78, 5) is 19.0. The second-order valence-electron chi connectivity index (χ2n) is 8.62. The standard InChI is InChI=1S/C22H26F3N9O/c23-22(24,25)12-30-16-8-17(29-10-15(16)20(27)34-6-1-7-34)19-18(11-31-33-19)32-21(35)14(9-26)13-2-4-28-5-3-13/h8,10-11,13-14,27-28H,1-7,12H2,(H,29,30)(H,31,33)(H,32,35). The van der Waals surface area contributed by atoms with Gasteiger partial charge < -0.3 is 20.9 Å². The van der Waals surface area contributed by atoms with Crippen molar-refractivity contribution in [3.8, 4) is 17.5 Å². The minimum absolute atomic E-state index is 0.0697. The molecular weight excluding hydrogens is 463 g/mol. The number of likely N-dealkylation sites (tertiary alicyclic amines) is 1. The zero-order valence-corrected chi connectivity index (χ0v) is 18.9. The van der Waals surface area contributed by atoms with Crippen LogP contribution in [0.25, 0.3) is 11.4 Å². The Labute approximate surface area is 199 Å². The third-order valence-electron chi connectivity index (χ3n) is 6.24. The second kappa shape index (κ2) is 10.3. The van der Waals surface area contributed by atoms with Crippen LogP contribution in [0.4, 0.5) is 24.5 Å². The van der Waals surface area contributed by atoms with Crippen LogP contribution < -0.4 is 16.0 Å². The number of carbonyl (C=O) groups is 1. The van der Waals surface area contributed by atoms with Gasteiger partial charge in [-0.05, 0) is 44.3 Å². The van der Waals surface area contributed by atoms with E-state index in [-0.39, 0.29) is 40.1 Å². The van der Waals surface area contributed by atoms with Gasteiger partial charge in [0.2, 0.25) is 5.91 Å². The largest absolute Gasteiger partial charge is 0.405 e. The number of halogens is 3. The lowest BCUT2D eigenvalue weighted by Gasteiger charge is -2.33. The second-order valence-corrected chi connectivity index (χ2v) is 8.62. The van der Waals surface area contributed by atoms with E-state index in [4.69, 9.17) is 5.41 Å². The van der Waals surface area contributed by atoms with E-state index in [9.17, 15) is 23.2 Å². The molecule has 0 saturated carbocycles. The highest BCUT2D eigenvalue weighted by atomic mass is 19.4. The third-order valence-corrected chi connectivity index (χ3v) is 6.24. The summed E-state index contributed by atoms with van der Waals surface area (Å²) in [6, 6.07) is 3.49. The summed E-state index contributed by atoms with van der Waals surface area (Å²) in [6.07, 6.45) is 0.596. The molecular formula is C22H26F3N9O. The lowest BCUT2D eigenvalue weighted by molar-refractivity contribution is -0.120. The van der Waals surface area contributed by atoms with Gasteiger partial charge >= 0.3 is 6.18 Å². The highest BCUT2D eigenvalue weighted by Gasteiger charge is 2.31. The average molecular weight is 490 g/mol. The molecule has 0 spiro atoms. The van der Waals surface area contributed by atoms with Gasteiger partial charge in [0.15, 0.2) is 0 Å². The number of piperidine rings is 1. The van der Waals surface area contributed by atoms with Gasteiger partial charge in [-0.1, -0.05) is 0 Å². The Kier molecular flexibility index (Phi) is 7.20. The summed E-state index contributed by atoms with van der Waals surface area (Å²) in [5.41, 5.74) is 1.14. The number of aromatic amines is 1. The highest BCUT2D eigenvalue weighted by Crippen LogP contribution is 2.31. The lowest BCUT2D eigenvalue weighted by Crippen LogP contribution is -2.42. The maximum Gasteiger partial charge on any atom is 0.405 e. The Hall–Kier alpha value is -3.66. The third kappa shape index (κ3) is 5.71. The first-order chi connectivity index (χ1) is 16.8. The molecule has 10 nitrogen and oxygen atoms in total. The Balaban J connectivity index is 1.58. The number of anilines is 2. The summed E-state index contributed by atoms with van der Waals surface area (Å²) in [6.45, 7) is 1.52. The zero-order valence-electron chi connectivity index (χ0n) is 18.9. The van der Waals surface area contributed by atoms with Crippen LogP contribution in [-0.4, -0.2) is 70.7 Å². The fourth-order valence-electron chi connectivity index (χ4n) is 4.18. The molecule has 13 heteroatoms. The van der Waals surface area contributed by atoms with Crippen LogP contribution in [0.2, 0.25) is 0 Å². The fourth-order valence-corrected chi connectivity index (χ4v) is 4.18. The fraction of sp³-hybridized carbons (Fsp3) is 0.500. The Morgan fingerprint density at radius 1 is 1.29 bits per heavy atom. The number of nitrogens with one attached hydrogen (secondary N) is 5. The van der Waals surface area contributed by atoms with E-state index < -0.39 is 24.5 Å². The summed E-state index contributed by atoms with van der Waals surface area (Å²) in [7, 11) is 0. The molecule has 2 aliphatic heterocycles. The first-order valence-electron chi connectivity index (χ1n) is 11.4. The molecule has 2 aromatic rings. The Morgan fingerprint density at radius 2 is 2.03 bits per heavy atom. The molecule has 0 aliphatic carbocycles. The number of amidine groups is 1. The molecule has 1 atom stereocenters. The van der Waals surface area contributed by atoms with E-state index in [0.29, 0.717) is 25.9 Å². The molecule has 35 heavy (non-hydrogen) atoms. The smallest absolute Gasteiger partial charge is 0.376 e. The Bertz CT molecular complexity index is 1110. The summed E-state index contributed by atoms with van der Waals surface area (Å²) >= 11 is 0. The van der Waals surface area contributed by atoms with Crippen LogP contribution >= 0.6 is 0 Å².